The zero-order chi connectivity index (χ0) is 22.4. The summed E-state index contributed by atoms with van der Waals surface area (Å²) in [5.74, 6) is 2.08. The fourth-order valence-corrected chi connectivity index (χ4v) is 3.05. The van der Waals surface area contributed by atoms with Crippen molar-refractivity contribution in [2.45, 2.75) is 14.7 Å². The Morgan fingerprint density at radius 3 is 1.44 bits per heavy atom. The van der Waals surface area contributed by atoms with Gasteiger partial charge in [0.25, 0.3) is 0 Å². The van der Waals surface area contributed by atoms with Gasteiger partial charge in [-0.2, -0.15) is 0 Å². The minimum atomic E-state index is 0.0155. The second-order valence-corrected chi connectivity index (χ2v) is 7.99. The van der Waals surface area contributed by atoms with Gasteiger partial charge in [0.05, 0.1) is 0 Å². The van der Waals surface area contributed by atoms with E-state index in [4.69, 9.17) is 28.2 Å². The molecule has 0 aliphatic heterocycles. The smallest absolute Gasteiger partial charge is 0.469 e. The molecule has 164 valence electrons. The van der Waals surface area contributed by atoms with Gasteiger partial charge >= 0.3 is 14.4 Å². The second kappa shape index (κ2) is 14.3. The molecule has 0 aliphatic carbocycles. The van der Waals surface area contributed by atoms with E-state index in [-0.39, 0.29) is 20.4 Å². The van der Waals surface area contributed by atoms with Crippen molar-refractivity contribution in [3.05, 3.63) is 72.8 Å². The first-order valence-corrected chi connectivity index (χ1v) is 11.2. The SMILES string of the molecule is Sc1ccc(OCO[B]OCOc2ccc(S[B]OCOc3ccc(S)cc3)cc2)cc1. The van der Waals surface area contributed by atoms with Crippen molar-refractivity contribution in [3.8, 4) is 17.2 Å². The number of hydrogen-bond donors (Lipinski definition) is 2. The van der Waals surface area contributed by atoms with Crippen LogP contribution in [0.1, 0.15) is 0 Å². The molecule has 0 amide bonds. The molecular weight excluding hydrogens is 466 g/mol. The fraction of sp³-hybridized carbons (Fsp3) is 0.143. The van der Waals surface area contributed by atoms with Gasteiger partial charge in [0.2, 0.25) is 0 Å². The van der Waals surface area contributed by atoms with E-state index in [2.05, 4.69) is 25.3 Å². The van der Waals surface area contributed by atoms with E-state index in [0.717, 1.165) is 20.4 Å². The molecule has 2 radical (unpaired) electrons. The predicted octanol–water partition coefficient (Wildman–Crippen LogP) is 4.88. The van der Waals surface area contributed by atoms with Crippen molar-refractivity contribution in [2.24, 2.45) is 0 Å². The molecule has 0 aromatic heterocycles. The number of benzene rings is 3. The van der Waals surface area contributed by atoms with Crippen molar-refractivity contribution in [3.63, 3.8) is 0 Å². The van der Waals surface area contributed by atoms with Crippen LogP contribution in [0.4, 0.5) is 0 Å². The van der Waals surface area contributed by atoms with Gasteiger partial charge in [-0.1, -0.05) is 0 Å². The molecule has 0 fully saturated rings. The minimum absolute atomic E-state index is 0.0155. The van der Waals surface area contributed by atoms with Crippen LogP contribution in [0.15, 0.2) is 87.5 Å². The quantitative estimate of drug-likeness (QED) is 0.146. The summed E-state index contributed by atoms with van der Waals surface area (Å²) in [6.45, 7) is 1.79. The summed E-state index contributed by atoms with van der Waals surface area (Å²) >= 11 is 9.87. The first-order chi connectivity index (χ1) is 15.7. The first-order valence-electron chi connectivity index (χ1n) is 9.40. The number of rotatable bonds is 14. The highest BCUT2D eigenvalue weighted by Gasteiger charge is 2.01. The summed E-state index contributed by atoms with van der Waals surface area (Å²) < 4.78 is 32.0. The summed E-state index contributed by atoms with van der Waals surface area (Å²) in [5, 5.41) is 0. The van der Waals surface area contributed by atoms with Gasteiger partial charge in [-0.05, 0) is 77.7 Å². The maximum Gasteiger partial charge on any atom is 0.492 e. The van der Waals surface area contributed by atoms with E-state index in [9.17, 15) is 0 Å². The van der Waals surface area contributed by atoms with Gasteiger partial charge in [-0.25, -0.2) is 0 Å². The highest BCUT2D eigenvalue weighted by molar-refractivity contribution is 8.21. The molecular formula is C21H20B2O6S3. The number of thiol groups is 2. The van der Waals surface area contributed by atoms with Gasteiger partial charge in [-0.15, -0.1) is 36.9 Å². The van der Waals surface area contributed by atoms with Gasteiger partial charge < -0.3 is 28.2 Å². The Labute approximate surface area is 204 Å². The fourth-order valence-electron chi connectivity index (χ4n) is 2.23. The van der Waals surface area contributed by atoms with Crippen LogP contribution in [0, 0.1) is 0 Å². The van der Waals surface area contributed by atoms with E-state index in [1.54, 1.807) is 18.9 Å². The maximum atomic E-state index is 5.48. The molecule has 0 saturated carbocycles. The molecule has 3 rings (SSSR count). The van der Waals surface area contributed by atoms with Crippen LogP contribution in [0.2, 0.25) is 0 Å². The van der Waals surface area contributed by atoms with Crippen LogP contribution in [-0.2, 0) is 14.0 Å². The molecule has 6 nitrogen and oxygen atoms in total. The highest BCUT2D eigenvalue weighted by atomic mass is 32.2. The van der Waals surface area contributed by atoms with Crippen LogP contribution < -0.4 is 14.2 Å². The molecule has 11 heteroatoms. The van der Waals surface area contributed by atoms with Crippen molar-refractivity contribution >= 4 is 51.3 Å². The molecule has 0 N–H and O–H groups in total. The molecule has 3 aromatic carbocycles. The summed E-state index contributed by atoms with van der Waals surface area (Å²) in [7, 11) is 1.18. The molecule has 0 aliphatic rings. The van der Waals surface area contributed by atoms with E-state index in [1.165, 1.54) is 19.3 Å². The van der Waals surface area contributed by atoms with Crippen LogP contribution in [-0.4, -0.2) is 34.8 Å². The standard InChI is InChI=1S/C21H20B2O6S3/c30-19-7-1-16(2-8-19)24-13-27-22-28-14-25-18-5-11-21(12-6-18)32-23-29-15-26-17-3-9-20(31)10-4-17/h1-12,30-31H,13-15H2. The van der Waals surface area contributed by atoms with Crippen molar-refractivity contribution in [1.82, 2.24) is 0 Å². The van der Waals surface area contributed by atoms with Crippen molar-refractivity contribution in [1.29, 1.82) is 0 Å². The average molecular weight is 486 g/mol. The lowest BCUT2D eigenvalue weighted by atomic mass is 10.3. The lowest BCUT2D eigenvalue weighted by Gasteiger charge is -2.09. The Balaban J connectivity index is 1.20. The van der Waals surface area contributed by atoms with Gasteiger partial charge in [0.1, 0.15) is 17.2 Å². The van der Waals surface area contributed by atoms with Crippen molar-refractivity contribution < 1.29 is 28.2 Å². The third-order valence-electron chi connectivity index (χ3n) is 3.77. The lowest BCUT2D eigenvalue weighted by Crippen LogP contribution is -2.13. The highest BCUT2D eigenvalue weighted by Crippen LogP contribution is 2.21. The van der Waals surface area contributed by atoms with Crippen molar-refractivity contribution in [2.75, 3.05) is 20.4 Å². The maximum absolute atomic E-state index is 5.48. The Morgan fingerprint density at radius 2 is 0.969 bits per heavy atom. The summed E-state index contributed by atoms with van der Waals surface area (Å²) in [5.41, 5.74) is 0. The monoisotopic (exact) mass is 486 g/mol. The molecule has 0 spiro atoms. The zero-order valence-corrected chi connectivity index (χ0v) is 19.6. The summed E-state index contributed by atoms with van der Waals surface area (Å²) in [6.07, 6.45) is 0. The topological polar surface area (TPSA) is 55.4 Å². The molecule has 0 saturated heterocycles. The molecule has 0 unspecified atom stereocenters. The predicted molar refractivity (Wildman–Crippen MR) is 131 cm³/mol. The molecule has 0 atom stereocenters. The lowest BCUT2D eigenvalue weighted by molar-refractivity contribution is 0.0602. The Kier molecular flexibility index (Phi) is 11.1. The van der Waals surface area contributed by atoms with Crippen LogP contribution in [0.3, 0.4) is 0 Å². The van der Waals surface area contributed by atoms with Gasteiger partial charge in [0, 0.05) is 9.79 Å². The van der Waals surface area contributed by atoms with Crippen LogP contribution in [0.25, 0.3) is 0 Å². The normalized spacial score (nSPS) is 10.4. The van der Waals surface area contributed by atoms with Gasteiger partial charge in [-0.3, -0.25) is 0 Å². The number of hydrogen-bond acceptors (Lipinski definition) is 9. The van der Waals surface area contributed by atoms with Crippen LogP contribution >= 0.6 is 36.9 Å². The van der Waals surface area contributed by atoms with Gasteiger partial charge in [0.15, 0.2) is 20.4 Å². The van der Waals surface area contributed by atoms with E-state index in [0.29, 0.717) is 11.5 Å². The van der Waals surface area contributed by atoms with E-state index < -0.39 is 0 Å². The second-order valence-electron chi connectivity index (χ2n) is 6.06. The van der Waals surface area contributed by atoms with Crippen LogP contribution in [0.5, 0.6) is 17.2 Å². The average Bonchev–Trinajstić information content (AvgIpc) is 2.81. The third kappa shape index (κ3) is 9.72. The summed E-state index contributed by atoms with van der Waals surface area (Å²) in [6, 6.07) is 22.2. The molecule has 0 heterocycles. The third-order valence-corrected chi connectivity index (χ3v) is 5.14. The Hall–Kier alpha value is -1.88. The van der Waals surface area contributed by atoms with E-state index in [1.807, 2.05) is 60.7 Å². The first kappa shape index (κ1) is 24.8. The zero-order valence-electron chi connectivity index (χ0n) is 17.0. The minimum Gasteiger partial charge on any atom is -0.469 e. The molecule has 3 aromatic rings. The molecule has 0 bridgehead atoms. The largest absolute Gasteiger partial charge is 0.492 e. The Morgan fingerprint density at radius 1 is 0.562 bits per heavy atom. The summed E-state index contributed by atoms with van der Waals surface area (Å²) in [4.78, 5) is 2.74. The van der Waals surface area contributed by atoms with E-state index >= 15 is 0 Å². The number of ether oxygens (including phenoxy) is 3. The Bertz CT molecular complexity index is 914. The molecule has 32 heavy (non-hydrogen) atoms.